The SMILES string of the molecule is Cc1cc(C(=O)Nc2ccc(Cl)c(Cl)c2)cc(=O)[nH]1. The molecule has 19 heavy (non-hydrogen) atoms. The summed E-state index contributed by atoms with van der Waals surface area (Å²) < 4.78 is 0. The van der Waals surface area contributed by atoms with Crippen LogP contribution in [0.2, 0.25) is 10.0 Å². The summed E-state index contributed by atoms with van der Waals surface area (Å²) >= 11 is 11.6. The zero-order valence-corrected chi connectivity index (χ0v) is 11.5. The number of nitrogens with one attached hydrogen (secondary N) is 2. The number of rotatable bonds is 2. The summed E-state index contributed by atoms with van der Waals surface area (Å²) in [5.41, 5.74) is 1.09. The van der Waals surface area contributed by atoms with Crippen LogP contribution in [0.4, 0.5) is 5.69 Å². The fourth-order valence-electron chi connectivity index (χ4n) is 1.59. The number of benzene rings is 1. The van der Waals surface area contributed by atoms with E-state index >= 15 is 0 Å². The van der Waals surface area contributed by atoms with E-state index in [0.29, 0.717) is 21.4 Å². The second-order valence-corrected chi connectivity index (χ2v) is 4.81. The van der Waals surface area contributed by atoms with Crippen LogP contribution in [0, 0.1) is 6.92 Å². The first kappa shape index (κ1) is 13.6. The van der Waals surface area contributed by atoms with E-state index in [1.165, 1.54) is 6.07 Å². The van der Waals surface area contributed by atoms with Crippen LogP contribution in [0.5, 0.6) is 0 Å². The van der Waals surface area contributed by atoms with E-state index in [1.807, 2.05) is 0 Å². The molecule has 1 aromatic heterocycles. The van der Waals surface area contributed by atoms with Crippen molar-refractivity contribution in [1.82, 2.24) is 4.98 Å². The average Bonchev–Trinajstić information content (AvgIpc) is 2.32. The lowest BCUT2D eigenvalue weighted by molar-refractivity contribution is 0.102. The summed E-state index contributed by atoms with van der Waals surface area (Å²) in [5.74, 6) is -0.382. The number of hydrogen-bond acceptors (Lipinski definition) is 2. The third-order valence-corrected chi connectivity index (χ3v) is 3.16. The van der Waals surface area contributed by atoms with Crippen LogP contribution in [0.1, 0.15) is 16.1 Å². The smallest absolute Gasteiger partial charge is 0.255 e. The van der Waals surface area contributed by atoms with Crippen molar-refractivity contribution < 1.29 is 4.79 Å². The highest BCUT2D eigenvalue weighted by atomic mass is 35.5. The fourth-order valence-corrected chi connectivity index (χ4v) is 1.89. The molecule has 0 radical (unpaired) electrons. The van der Waals surface area contributed by atoms with Crippen molar-refractivity contribution in [3.63, 3.8) is 0 Å². The highest BCUT2D eigenvalue weighted by Gasteiger charge is 2.08. The summed E-state index contributed by atoms with van der Waals surface area (Å²) in [7, 11) is 0. The molecule has 1 aromatic carbocycles. The number of amides is 1. The van der Waals surface area contributed by atoms with Gasteiger partial charge in [0.05, 0.1) is 10.0 Å². The maximum absolute atomic E-state index is 12.0. The highest BCUT2D eigenvalue weighted by Crippen LogP contribution is 2.25. The zero-order chi connectivity index (χ0) is 14.0. The van der Waals surface area contributed by atoms with E-state index in [-0.39, 0.29) is 17.0 Å². The van der Waals surface area contributed by atoms with Gasteiger partial charge >= 0.3 is 0 Å². The molecule has 2 N–H and O–H groups in total. The first-order chi connectivity index (χ1) is 8.95. The Balaban J connectivity index is 2.25. The zero-order valence-electron chi connectivity index (χ0n) is 9.96. The van der Waals surface area contributed by atoms with Crippen molar-refractivity contribution in [3.8, 4) is 0 Å². The number of pyridine rings is 1. The summed E-state index contributed by atoms with van der Waals surface area (Å²) in [6, 6.07) is 7.59. The van der Waals surface area contributed by atoms with Gasteiger partial charge in [-0.25, -0.2) is 0 Å². The molecule has 1 heterocycles. The molecule has 0 atom stereocenters. The molecule has 0 fully saturated rings. The molecule has 1 amide bonds. The quantitative estimate of drug-likeness (QED) is 0.894. The van der Waals surface area contributed by atoms with Gasteiger partial charge in [0.15, 0.2) is 0 Å². The van der Waals surface area contributed by atoms with Crippen molar-refractivity contribution in [3.05, 3.63) is 62.0 Å². The number of halogens is 2. The molecule has 2 aromatic rings. The van der Waals surface area contributed by atoms with Crippen molar-refractivity contribution in [2.75, 3.05) is 5.32 Å². The molecule has 0 unspecified atom stereocenters. The fraction of sp³-hybridized carbons (Fsp3) is 0.0769. The molecular formula is C13H10Cl2N2O2. The minimum absolute atomic E-state index is 0.285. The van der Waals surface area contributed by atoms with E-state index in [4.69, 9.17) is 23.2 Å². The first-order valence-electron chi connectivity index (χ1n) is 5.43. The molecule has 0 bridgehead atoms. The Labute approximate surface area is 119 Å². The van der Waals surface area contributed by atoms with E-state index in [2.05, 4.69) is 10.3 Å². The van der Waals surface area contributed by atoms with E-state index < -0.39 is 0 Å². The lowest BCUT2D eigenvalue weighted by Gasteiger charge is -2.06. The van der Waals surface area contributed by atoms with Gasteiger partial charge in [0.1, 0.15) is 0 Å². The van der Waals surface area contributed by atoms with Gasteiger partial charge in [0, 0.05) is 23.0 Å². The number of H-pyrrole nitrogens is 1. The molecule has 0 saturated carbocycles. The van der Waals surface area contributed by atoms with Crippen molar-refractivity contribution >= 4 is 34.8 Å². The van der Waals surface area contributed by atoms with Gasteiger partial charge in [0.25, 0.3) is 5.91 Å². The largest absolute Gasteiger partial charge is 0.326 e. The predicted octanol–water partition coefficient (Wildman–Crippen LogP) is 3.24. The van der Waals surface area contributed by atoms with Gasteiger partial charge in [-0.1, -0.05) is 23.2 Å². The van der Waals surface area contributed by atoms with Crippen LogP contribution >= 0.6 is 23.2 Å². The topological polar surface area (TPSA) is 62.0 Å². The normalized spacial score (nSPS) is 10.3. The molecule has 6 heteroatoms. The number of aromatic nitrogens is 1. The number of hydrogen-bond donors (Lipinski definition) is 2. The molecule has 0 aliphatic carbocycles. The molecule has 0 spiro atoms. The van der Waals surface area contributed by atoms with Gasteiger partial charge in [-0.3, -0.25) is 9.59 Å². The summed E-state index contributed by atoms with van der Waals surface area (Å²) in [6.45, 7) is 1.71. The first-order valence-corrected chi connectivity index (χ1v) is 6.18. The molecule has 4 nitrogen and oxygen atoms in total. The Hall–Kier alpha value is -1.78. The van der Waals surface area contributed by atoms with Crippen LogP contribution in [-0.2, 0) is 0 Å². The Bertz CT molecular complexity index is 695. The third kappa shape index (κ3) is 3.36. The van der Waals surface area contributed by atoms with Crippen molar-refractivity contribution in [1.29, 1.82) is 0 Å². The number of carbonyl (C=O) groups excluding carboxylic acids is 1. The van der Waals surface area contributed by atoms with Gasteiger partial charge in [-0.05, 0) is 31.2 Å². The molecule has 2 rings (SSSR count). The lowest BCUT2D eigenvalue weighted by atomic mass is 10.2. The molecule has 0 aliphatic heterocycles. The standard InChI is InChI=1S/C13H10Cl2N2O2/c1-7-4-8(5-12(18)16-7)13(19)17-9-2-3-10(14)11(15)6-9/h2-6H,1H3,(H,16,18)(H,17,19). The van der Waals surface area contributed by atoms with E-state index in [9.17, 15) is 9.59 Å². The van der Waals surface area contributed by atoms with Crippen LogP contribution in [0.25, 0.3) is 0 Å². The Morgan fingerprint density at radius 3 is 2.53 bits per heavy atom. The Morgan fingerprint density at radius 1 is 1.16 bits per heavy atom. The molecule has 0 aliphatic rings. The monoisotopic (exact) mass is 296 g/mol. The minimum atomic E-state index is -0.382. The van der Waals surface area contributed by atoms with Gasteiger partial charge in [-0.15, -0.1) is 0 Å². The highest BCUT2D eigenvalue weighted by molar-refractivity contribution is 6.42. The van der Waals surface area contributed by atoms with Gasteiger partial charge in [0.2, 0.25) is 5.56 Å². The maximum atomic E-state index is 12.0. The number of aromatic amines is 1. The lowest BCUT2D eigenvalue weighted by Crippen LogP contribution is -2.16. The number of anilines is 1. The second-order valence-electron chi connectivity index (χ2n) is 4.00. The predicted molar refractivity (Wildman–Crippen MR) is 76.2 cm³/mol. The summed E-state index contributed by atoms with van der Waals surface area (Å²) in [5, 5.41) is 3.40. The van der Waals surface area contributed by atoms with Gasteiger partial charge in [-0.2, -0.15) is 0 Å². The Morgan fingerprint density at radius 2 is 1.89 bits per heavy atom. The third-order valence-electron chi connectivity index (χ3n) is 2.42. The van der Waals surface area contributed by atoms with Crippen molar-refractivity contribution in [2.24, 2.45) is 0 Å². The number of carbonyl (C=O) groups is 1. The molecular weight excluding hydrogens is 287 g/mol. The van der Waals surface area contributed by atoms with Crippen LogP contribution in [0.15, 0.2) is 35.1 Å². The minimum Gasteiger partial charge on any atom is -0.326 e. The van der Waals surface area contributed by atoms with Crippen molar-refractivity contribution in [2.45, 2.75) is 6.92 Å². The Kier molecular flexibility index (Phi) is 3.93. The molecule has 0 saturated heterocycles. The average molecular weight is 297 g/mol. The van der Waals surface area contributed by atoms with Crippen LogP contribution in [-0.4, -0.2) is 10.9 Å². The van der Waals surface area contributed by atoms with Crippen LogP contribution < -0.4 is 10.9 Å². The molecule has 98 valence electrons. The van der Waals surface area contributed by atoms with Crippen LogP contribution in [0.3, 0.4) is 0 Å². The van der Waals surface area contributed by atoms with E-state index in [1.54, 1.807) is 31.2 Å². The van der Waals surface area contributed by atoms with Gasteiger partial charge < -0.3 is 10.3 Å². The maximum Gasteiger partial charge on any atom is 0.255 e. The van der Waals surface area contributed by atoms with E-state index in [0.717, 1.165) is 0 Å². The summed E-state index contributed by atoms with van der Waals surface area (Å²) in [4.78, 5) is 25.8. The summed E-state index contributed by atoms with van der Waals surface area (Å²) in [6.07, 6.45) is 0. The number of aryl methyl sites for hydroxylation is 1. The second kappa shape index (κ2) is 5.47.